The number of hydrogen-bond donors (Lipinski definition) is 2. The molecule has 0 bridgehead atoms. The van der Waals surface area contributed by atoms with Crippen LogP contribution in [0.5, 0.6) is 0 Å². The van der Waals surface area contributed by atoms with E-state index >= 15 is 0 Å². The zero-order chi connectivity index (χ0) is 17.8. The molecule has 0 aliphatic rings. The Hall–Kier alpha value is -2.40. The quantitative estimate of drug-likeness (QED) is 0.468. The van der Waals surface area contributed by atoms with Gasteiger partial charge >= 0.3 is 0 Å². The summed E-state index contributed by atoms with van der Waals surface area (Å²) in [5.74, 6) is 0. The third kappa shape index (κ3) is 4.55. The molecular weight excluding hydrogens is 356 g/mol. The summed E-state index contributed by atoms with van der Waals surface area (Å²) in [5, 5.41) is 7.25. The van der Waals surface area contributed by atoms with Crippen molar-refractivity contribution < 1.29 is 25.9 Å². The van der Waals surface area contributed by atoms with Crippen LogP contribution in [0.4, 0.5) is 0 Å². The molecule has 0 aliphatic heterocycles. The minimum atomic E-state index is -4.40. The van der Waals surface area contributed by atoms with Crippen molar-refractivity contribution in [3.8, 4) is 0 Å². The van der Waals surface area contributed by atoms with Crippen LogP contribution in [0.1, 0.15) is 11.1 Å². The van der Waals surface area contributed by atoms with Crippen molar-refractivity contribution in [2.75, 3.05) is 0 Å². The molecule has 0 saturated heterocycles. The minimum Gasteiger partial charge on any atom is -0.282 e. The average Bonchev–Trinajstić information content (AvgIpc) is 2.50. The van der Waals surface area contributed by atoms with E-state index in [0.717, 1.165) is 12.4 Å². The lowest BCUT2D eigenvalue weighted by Gasteiger charge is -2.01. The van der Waals surface area contributed by atoms with E-state index in [4.69, 9.17) is 9.11 Å². The van der Waals surface area contributed by atoms with Gasteiger partial charge in [0.05, 0.1) is 12.4 Å². The monoisotopic (exact) mass is 368 g/mol. The Bertz CT molecular complexity index is 928. The molecule has 8 nitrogen and oxygen atoms in total. The molecule has 126 valence electrons. The first kappa shape index (κ1) is 17.9. The summed E-state index contributed by atoms with van der Waals surface area (Å²) in [6, 6.07) is 11.2. The molecule has 2 rings (SSSR count). The molecule has 2 N–H and O–H groups in total. The summed E-state index contributed by atoms with van der Waals surface area (Å²) < 4.78 is 63.1. The molecule has 0 amide bonds. The van der Waals surface area contributed by atoms with Crippen LogP contribution in [0.25, 0.3) is 0 Å². The van der Waals surface area contributed by atoms with Gasteiger partial charge in [-0.15, -0.1) is 0 Å². The molecule has 0 aliphatic carbocycles. The molecule has 0 aromatic heterocycles. The highest BCUT2D eigenvalue weighted by atomic mass is 32.2. The van der Waals surface area contributed by atoms with Gasteiger partial charge in [0, 0.05) is 11.1 Å². The van der Waals surface area contributed by atoms with Crippen LogP contribution in [0.15, 0.2) is 68.5 Å². The van der Waals surface area contributed by atoms with Crippen LogP contribution in [0, 0.1) is 0 Å². The highest BCUT2D eigenvalue weighted by molar-refractivity contribution is 7.86. The summed E-state index contributed by atoms with van der Waals surface area (Å²) in [6.45, 7) is 0. The van der Waals surface area contributed by atoms with Crippen LogP contribution in [-0.2, 0) is 20.2 Å². The normalized spacial score (nSPS) is 12.9. The molecule has 0 radical (unpaired) electrons. The van der Waals surface area contributed by atoms with Gasteiger partial charge in [0.2, 0.25) is 0 Å². The topological polar surface area (TPSA) is 133 Å². The fourth-order valence-electron chi connectivity index (χ4n) is 1.84. The molecule has 0 saturated carbocycles. The van der Waals surface area contributed by atoms with Crippen molar-refractivity contribution in [3.63, 3.8) is 0 Å². The standard InChI is InChI=1S/C14H12N2O6S2/c17-23(18,19)13-7-3-1-5-11(13)9-15-16-10-12-6-2-4-8-14(12)24(20,21)22/h1-10H,(H,17,18,19)(H,20,21,22)/b15-9-,16-10-. The summed E-state index contributed by atoms with van der Waals surface area (Å²) in [6.07, 6.45) is 2.19. The molecular formula is C14H12N2O6S2. The van der Waals surface area contributed by atoms with Crippen LogP contribution >= 0.6 is 0 Å². The maximum atomic E-state index is 11.2. The Balaban J connectivity index is 2.31. The summed E-state index contributed by atoms with van der Waals surface area (Å²) in [7, 11) is -8.81. The van der Waals surface area contributed by atoms with Crippen molar-refractivity contribution in [3.05, 3.63) is 59.7 Å². The lowest BCUT2D eigenvalue weighted by molar-refractivity contribution is 0.481. The third-order valence-electron chi connectivity index (χ3n) is 2.85. The van der Waals surface area contributed by atoms with Crippen LogP contribution in [0.3, 0.4) is 0 Å². The van der Waals surface area contributed by atoms with E-state index in [1.165, 1.54) is 36.4 Å². The molecule has 0 atom stereocenters. The van der Waals surface area contributed by atoms with E-state index in [9.17, 15) is 16.8 Å². The van der Waals surface area contributed by atoms with Gasteiger partial charge in [-0.1, -0.05) is 36.4 Å². The predicted octanol–water partition coefficient (Wildman–Crippen LogP) is 1.63. The van der Waals surface area contributed by atoms with Crippen molar-refractivity contribution in [1.82, 2.24) is 0 Å². The number of hydrogen-bond acceptors (Lipinski definition) is 6. The van der Waals surface area contributed by atoms with Gasteiger partial charge in [0.1, 0.15) is 9.79 Å². The van der Waals surface area contributed by atoms with E-state index in [2.05, 4.69) is 10.2 Å². The minimum absolute atomic E-state index is 0.111. The Labute approximate surface area is 138 Å². The van der Waals surface area contributed by atoms with E-state index in [1.807, 2.05) is 0 Å². The molecule has 10 heteroatoms. The summed E-state index contributed by atoms with van der Waals surface area (Å²) in [4.78, 5) is -0.662. The van der Waals surface area contributed by atoms with Gasteiger partial charge in [-0.2, -0.15) is 27.0 Å². The first-order chi connectivity index (χ1) is 11.2. The first-order valence-corrected chi connectivity index (χ1v) is 9.27. The SMILES string of the molecule is O=S(=O)(O)c1ccccc1/C=N\N=C/c1ccccc1S(=O)(=O)O. The van der Waals surface area contributed by atoms with Crippen LogP contribution < -0.4 is 0 Å². The summed E-state index contributed by atoms with van der Waals surface area (Å²) in [5.41, 5.74) is 0.223. The lowest BCUT2D eigenvalue weighted by Crippen LogP contribution is -2.02. The highest BCUT2D eigenvalue weighted by Gasteiger charge is 2.14. The molecule has 0 heterocycles. The maximum absolute atomic E-state index is 11.2. The van der Waals surface area contributed by atoms with E-state index < -0.39 is 20.2 Å². The van der Waals surface area contributed by atoms with Gasteiger partial charge < -0.3 is 0 Å². The second-order valence-electron chi connectivity index (χ2n) is 4.51. The average molecular weight is 368 g/mol. The Kier molecular flexibility index (Phi) is 5.24. The van der Waals surface area contributed by atoms with Crippen molar-refractivity contribution >= 4 is 32.7 Å². The smallest absolute Gasteiger partial charge is 0.282 e. The summed E-state index contributed by atoms with van der Waals surface area (Å²) >= 11 is 0. The Morgan fingerprint density at radius 3 is 1.33 bits per heavy atom. The fraction of sp³-hybridized carbons (Fsp3) is 0. The fourth-order valence-corrected chi connectivity index (χ4v) is 3.17. The molecule has 2 aromatic rings. The van der Waals surface area contributed by atoms with Gasteiger partial charge in [0.25, 0.3) is 20.2 Å². The van der Waals surface area contributed by atoms with Gasteiger partial charge in [0.15, 0.2) is 0 Å². The van der Waals surface area contributed by atoms with E-state index in [-0.39, 0.29) is 20.9 Å². The van der Waals surface area contributed by atoms with E-state index in [1.54, 1.807) is 12.1 Å². The number of nitrogens with zero attached hydrogens (tertiary/aromatic N) is 2. The molecule has 2 aromatic carbocycles. The van der Waals surface area contributed by atoms with Crippen LogP contribution in [0.2, 0.25) is 0 Å². The Morgan fingerprint density at radius 1 is 0.667 bits per heavy atom. The molecule has 0 spiro atoms. The molecule has 0 fully saturated rings. The number of benzene rings is 2. The first-order valence-electron chi connectivity index (χ1n) is 6.39. The predicted molar refractivity (Wildman–Crippen MR) is 87.7 cm³/mol. The second kappa shape index (κ2) is 7.01. The van der Waals surface area contributed by atoms with Gasteiger partial charge in [-0.25, -0.2) is 0 Å². The van der Waals surface area contributed by atoms with Gasteiger partial charge in [-0.05, 0) is 12.1 Å². The Morgan fingerprint density at radius 2 is 1.00 bits per heavy atom. The highest BCUT2D eigenvalue weighted by Crippen LogP contribution is 2.14. The molecule has 0 unspecified atom stereocenters. The lowest BCUT2D eigenvalue weighted by atomic mass is 10.2. The zero-order valence-corrected chi connectivity index (χ0v) is 13.6. The zero-order valence-electron chi connectivity index (χ0n) is 12.0. The second-order valence-corrected chi connectivity index (χ2v) is 7.29. The van der Waals surface area contributed by atoms with Crippen molar-refractivity contribution in [2.45, 2.75) is 9.79 Å². The van der Waals surface area contributed by atoms with Crippen molar-refractivity contribution in [2.24, 2.45) is 10.2 Å². The van der Waals surface area contributed by atoms with Gasteiger partial charge in [-0.3, -0.25) is 9.11 Å². The molecule has 24 heavy (non-hydrogen) atoms. The largest absolute Gasteiger partial charge is 0.295 e. The van der Waals surface area contributed by atoms with E-state index in [0.29, 0.717) is 0 Å². The van der Waals surface area contributed by atoms with Crippen LogP contribution in [-0.4, -0.2) is 38.4 Å². The maximum Gasteiger partial charge on any atom is 0.295 e. The third-order valence-corrected chi connectivity index (χ3v) is 4.71. The number of rotatable bonds is 5. The van der Waals surface area contributed by atoms with Crippen molar-refractivity contribution in [1.29, 1.82) is 0 Å².